The third kappa shape index (κ3) is 12.6. The molecular formula is C33H32Cl2Zr-4. The second-order valence-electron chi connectivity index (χ2n) is 7.56. The second kappa shape index (κ2) is 20.8. The average molecular weight is 591 g/mol. The SMILES string of the molecule is Cc1c[c-]ccc1.Cc1c[c-]ccc1.Cl.Cl.[C-]1=CC=CC1.[CH2]=[Zr].[c-]1cccc2c1Cc1ccccc1-2. The van der Waals surface area contributed by atoms with Crippen molar-refractivity contribution < 1.29 is 24.2 Å². The molecule has 0 aliphatic heterocycles. The quantitative estimate of drug-likeness (QED) is 0.158. The number of aryl methyl sites for hydroxylation is 2. The first-order chi connectivity index (χ1) is 16.7. The Labute approximate surface area is 245 Å². The normalized spacial score (nSPS) is 10.4. The summed E-state index contributed by atoms with van der Waals surface area (Å²) in [6.45, 7) is 4.10. The van der Waals surface area contributed by atoms with Gasteiger partial charge in [0.2, 0.25) is 0 Å². The Morgan fingerprint density at radius 1 is 0.722 bits per heavy atom. The van der Waals surface area contributed by atoms with Crippen LogP contribution in [0.25, 0.3) is 11.1 Å². The maximum absolute atomic E-state index is 3.34. The monoisotopic (exact) mass is 588 g/mol. The van der Waals surface area contributed by atoms with E-state index in [0.29, 0.717) is 0 Å². The minimum absolute atomic E-state index is 0. The van der Waals surface area contributed by atoms with E-state index in [0.717, 1.165) is 12.8 Å². The first-order valence-electron chi connectivity index (χ1n) is 11.2. The number of allylic oxidation sites excluding steroid dienone is 4. The van der Waals surface area contributed by atoms with E-state index >= 15 is 0 Å². The standard InChI is InChI=1S/C13H9.2C7H7.C5H5.CH2.2ClH.Zr/c1-3-7-12-10(5-1)9-11-6-2-4-8-13(11)12;2*1-7-5-3-2-4-6-7;1-2-4-5-3-1;;;;/h1-5,7-8H,9H2;2*2-3,5-6H,1H3;1-3H,4H2;1H2;2*1H;/q4*-1;;;;. The van der Waals surface area contributed by atoms with Gasteiger partial charge in [0, 0.05) is 0 Å². The largest absolute Gasteiger partial charge is 0.179 e. The molecule has 2 aliphatic carbocycles. The van der Waals surface area contributed by atoms with E-state index in [1.54, 1.807) is 0 Å². The van der Waals surface area contributed by atoms with E-state index in [9.17, 15) is 0 Å². The number of fused-ring (bicyclic) bond motifs is 3. The van der Waals surface area contributed by atoms with Crippen molar-refractivity contribution >= 4 is 29.0 Å². The summed E-state index contributed by atoms with van der Waals surface area (Å²) in [6, 6.07) is 39.8. The van der Waals surface area contributed by atoms with E-state index in [4.69, 9.17) is 0 Å². The van der Waals surface area contributed by atoms with Crippen molar-refractivity contribution in [1.82, 2.24) is 0 Å². The Morgan fingerprint density at radius 3 is 1.75 bits per heavy atom. The van der Waals surface area contributed by atoms with Crippen molar-refractivity contribution in [3.05, 3.63) is 156 Å². The Morgan fingerprint density at radius 2 is 1.31 bits per heavy atom. The van der Waals surface area contributed by atoms with Crippen molar-refractivity contribution in [3.63, 3.8) is 0 Å². The molecule has 4 aromatic carbocycles. The number of rotatable bonds is 0. The summed E-state index contributed by atoms with van der Waals surface area (Å²) in [5.74, 6) is 0. The maximum Gasteiger partial charge on any atom is -0.0253 e. The molecule has 0 N–H and O–H groups in total. The third-order valence-electron chi connectivity index (χ3n) is 4.93. The fourth-order valence-corrected chi connectivity index (χ4v) is 3.30. The van der Waals surface area contributed by atoms with Crippen LogP contribution in [0.5, 0.6) is 0 Å². The van der Waals surface area contributed by atoms with Crippen LogP contribution in [0.2, 0.25) is 0 Å². The minimum atomic E-state index is 0. The number of halogens is 2. The third-order valence-corrected chi connectivity index (χ3v) is 4.93. The van der Waals surface area contributed by atoms with Crippen LogP contribution < -0.4 is 0 Å². The molecule has 0 nitrogen and oxygen atoms in total. The van der Waals surface area contributed by atoms with Crippen molar-refractivity contribution in [3.8, 4) is 11.1 Å². The van der Waals surface area contributed by atoms with E-state index in [2.05, 4.69) is 96.9 Å². The van der Waals surface area contributed by atoms with Crippen LogP contribution in [0.1, 0.15) is 28.7 Å². The molecule has 4 aromatic rings. The topological polar surface area (TPSA) is 0 Å². The van der Waals surface area contributed by atoms with Crippen LogP contribution >= 0.6 is 24.8 Å². The fraction of sp³-hybridized carbons (Fsp3) is 0.121. The Kier molecular flexibility index (Phi) is 19.5. The Bertz CT molecular complexity index is 1060. The van der Waals surface area contributed by atoms with Crippen LogP contribution in [0.15, 0.2) is 109 Å². The summed E-state index contributed by atoms with van der Waals surface area (Å²) in [4.78, 5) is 0. The van der Waals surface area contributed by atoms with Gasteiger partial charge in [0.15, 0.2) is 0 Å². The maximum atomic E-state index is 3.34. The second-order valence-corrected chi connectivity index (χ2v) is 7.56. The molecule has 0 radical (unpaired) electrons. The van der Waals surface area contributed by atoms with Gasteiger partial charge in [0.25, 0.3) is 0 Å². The molecule has 0 saturated heterocycles. The van der Waals surface area contributed by atoms with Crippen molar-refractivity contribution in [2.75, 3.05) is 0 Å². The number of benzene rings is 4. The van der Waals surface area contributed by atoms with Crippen molar-refractivity contribution in [2.45, 2.75) is 26.7 Å². The molecule has 2 aliphatic rings. The molecule has 186 valence electrons. The minimum Gasteiger partial charge on any atom is -0.179 e. The molecule has 0 aromatic heterocycles. The summed E-state index contributed by atoms with van der Waals surface area (Å²) in [5, 5.41) is 0. The first kappa shape index (κ1) is 33.7. The Balaban J connectivity index is 0.000000464. The van der Waals surface area contributed by atoms with Gasteiger partial charge in [0.1, 0.15) is 0 Å². The molecule has 3 heteroatoms. The van der Waals surface area contributed by atoms with Gasteiger partial charge in [-0.25, -0.2) is 12.2 Å². The molecule has 0 amide bonds. The van der Waals surface area contributed by atoms with Crippen molar-refractivity contribution in [2.24, 2.45) is 0 Å². The van der Waals surface area contributed by atoms with Crippen LogP contribution in [0.3, 0.4) is 0 Å². The van der Waals surface area contributed by atoms with Gasteiger partial charge in [-0.05, 0) is 6.42 Å². The van der Waals surface area contributed by atoms with Crippen LogP contribution in [0.4, 0.5) is 0 Å². The molecule has 6 rings (SSSR count). The number of hydrogen-bond acceptors (Lipinski definition) is 0. The summed E-state index contributed by atoms with van der Waals surface area (Å²) >= 11 is 1.30. The molecule has 0 atom stereocenters. The van der Waals surface area contributed by atoms with Crippen LogP contribution in [0, 0.1) is 38.1 Å². The summed E-state index contributed by atoms with van der Waals surface area (Å²) in [6.07, 6.45) is 11.0. The zero-order valence-electron chi connectivity index (χ0n) is 20.8. The predicted octanol–water partition coefficient (Wildman–Crippen LogP) is 8.76. The average Bonchev–Trinajstić information content (AvgIpc) is 3.59. The summed E-state index contributed by atoms with van der Waals surface area (Å²) < 4.78 is 3.34. The van der Waals surface area contributed by atoms with Gasteiger partial charge in [0.05, 0.1) is 0 Å². The molecule has 0 spiro atoms. The van der Waals surface area contributed by atoms with Crippen molar-refractivity contribution in [1.29, 1.82) is 0 Å². The van der Waals surface area contributed by atoms with E-state index in [1.807, 2.05) is 54.6 Å². The van der Waals surface area contributed by atoms with Gasteiger partial charge < -0.3 is 0 Å². The van der Waals surface area contributed by atoms with E-state index in [-0.39, 0.29) is 24.8 Å². The predicted molar refractivity (Wildman–Crippen MR) is 157 cm³/mol. The van der Waals surface area contributed by atoms with E-state index in [1.165, 1.54) is 57.6 Å². The Hall–Kier alpha value is -2.31. The van der Waals surface area contributed by atoms with Gasteiger partial charge >= 0.3 is 28.4 Å². The zero-order valence-corrected chi connectivity index (χ0v) is 24.9. The molecule has 0 saturated carbocycles. The molecule has 0 unspecified atom stereocenters. The molecule has 0 heterocycles. The van der Waals surface area contributed by atoms with Gasteiger partial charge in [-0.2, -0.15) is 108 Å². The summed E-state index contributed by atoms with van der Waals surface area (Å²) in [5.41, 5.74) is 8.04. The number of hydrogen-bond donors (Lipinski definition) is 0. The summed E-state index contributed by atoms with van der Waals surface area (Å²) in [7, 11) is 0. The molecule has 36 heavy (non-hydrogen) atoms. The first-order valence-corrected chi connectivity index (χ1v) is 13.0. The molecule has 0 bridgehead atoms. The molecule has 0 fully saturated rings. The fourth-order valence-electron chi connectivity index (χ4n) is 3.30. The van der Waals surface area contributed by atoms with Gasteiger partial charge in [-0.3, -0.25) is 6.08 Å². The van der Waals surface area contributed by atoms with Crippen LogP contribution in [-0.2, 0) is 30.7 Å². The van der Waals surface area contributed by atoms with E-state index < -0.39 is 0 Å². The zero-order chi connectivity index (χ0) is 24.4. The molecular weight excluding hydrogens is 558 g/mol. The smallest absolute Gasteiger partial charge is 0.0253 e. The van der Waals surface area contributed by atoms with Crippen LogP contribution in [-0.4, -0.2) is 4.21 Å². The van der Waals surface area contributed by atoms with Gasteiger partial charge in [-0.15, -0.1) is 36.8 Å². The van der Waals surface area contributed by atoms with Gasteiger partial charge in [-0.1, -0.05) is 49.2 Å².